The summed E-state index contributed by atoms with van der Waals surface area (Å²) in [4.78, 5) is 23.2. The molecular formula is C16H22N4OS2. The zero-order chi connectivity index (χ0) is 16.4. The number of fused-ring (bicyclic) bond motifs is 3. The van der Waals surface area contributed by atoms with Crippen molar-refractivity contribution in [3.8, 4) is 0 Å². The zero-order valence-corrected chi connectivity index (χ0v) is 15.1. The summed E-state index contributed by atoms with van der Waals surface area (Å²) in [6.45, 7) is 4.84. The summed E-state index contributed by atoms with van der Waals surface area (Å²) in [6, 6.07) is 0. The lowest BCUT2D eigenvalue weighted by molar-refractivity contribution is -0.118. The van der Waals surface area contributed by atoms with Gasteiger partial charge in [0.2, 0.25) is 5.91 Å². The second-order valence-electron chi connectivity index (χ2n) is 6.27. The molecule has 3 rings (SSSR count). The summed E-state index contributed by atoms with van der Waals surface area (Å²) in [6.07, 6.45) is 4.65. The Balaban J connectivity index is 1.74. The molecule has 0 aromatic carbocycles. The molecule has 124 valence electrons. The average molecular weight is 351 g/mol. The van der Waals surface area contributed by atoms with E-state index in [1.807, 2.05) is 0 Å². The normalized spacial score (nSPS) is 14.2. The number of hydrogen-bond acceptors (Lipinski definition) is 6. The van der Waals surface area contributed by atoms with Gasteiger partial charge >= 0.3 is 0 Å². The maximum Gasteiger partial charge on any atom is 0.230 e. The average Bonchev–Trinajstić information content (AvgIpc) is 2.89. The Hall–Kier alpha value is -1.34. The molecule has 0 saturated heterocycles. The lowest BCUT2D eigenvalue weighted by Gasteiger charge is -2.10. The fourth-order valence-electron chi connectivity index (χ4n) is 2.73. The third-order valence-corrected chi connectivity index (χ3v) is 5.89. The van der Waals surface area contributed by atoms with Crippen LogP contribution in [0.1, 0.15) is 37.1 Å². The van der Waals surface area contributed by atoms with Crippen molar-refractivity contribution in [3.05, 3.63) is 10.4 Å². The molecule has 0 atom stereocenters. The highest BCUT2D eigenvalue weighted by atomic mass is 32.2. The number of carbonyl (C=O) groups is 1. The van der Waals surface area contributed by atoms with Crippen molar-refractivity contribution < 1.29 is 4.79 Å². The van der Waals surface area contributed by atoms with Gasteiger partial charge < -0.3 is 11.1 Å². The van der Waals surface area contributed by atoms with Gasteiger partial charge in [0.15, 0.2) is 5.16 Å². The van der Waals surface area contributed by atoms with E-state index in [0.717, 1.165) is 23.1 Å². The minimum absolute atomic E-state index is 0.0106. The molecule has 1 aliphatic rings. The molecule has 3 N–H and O–H groups in total. The molecule has 0 radical (unpaired) electrons. The van der Waals surface area contributed by atoms with Crippen LogP contribution in [0.2, 0.25) is 0 Å². The van der Waals surface area contributed by atoms with Crippen LogP contribution >= 0.6 is 23.1 Å². The van der Waals surface area contributed by atoms with E-state index in [1.165, 1.54) is 35.0 Å². The fourth-order valence-corrected chi connectivity index (χ4v) is 4.74. The first-order valence-electron chi connectivity index (χ1n) is 8.02. The Kier molecular flexibility index (Phi) is 5.06. The van der Waals surface area contributed by atoms with Crippen LogP contribution in [-0.2, 0) is 17.6 Å². The van der Waals surface area contributed by atoms with E-state index in [-0.39, 0.29) is 5.91 Å². The van der Waals surface area contributed by atoms with Crippen molar-refractivity contribution in [2.75, 3.05) is 18.0 Å². The van der Waals surface area contributed by atoms with Crippen LogP contribution in [0, 0.1) is 5.92 Å². The Labute approximate surface area is 144 Å². The van der Waals surface area contributed by atoms with Crippen LogP contribution < -0.4 is 11.1 Å². The van der Waals surface area contributed by atoms with Crippen LogP contribution in [0.4, 0.5) is 5.82 Å². The van der Waals surface area contributed by atoms with Gasteiger partial charge in [-0.1, -0.05) is 25.6 Å². The van der Waals surface area contributed by atoms with Crippen molar-refractivity contribution in [2.45, 2.75) is 44.7 Å². The minimum Gasteiger partial charge on any atom is -0.383 e. The van der Waals surface area contributed by atoms with Gasteiger partial charge in [-0.25, -0.2) is 9.97 Å². The minimum atomic E-state index is 0.0106. The van der Waals surface area contributed by atoms with Gasteiger partial charge in [0.25, 0.3) is 0 Å². The molecule has 2 heterocycles. The van der Waals surface area contributed by atoms with Crippen LogP contribution in [0.25, 0.3) is 10.2 Å². The second-order valence-corrected chi connectivity index (χ2v) is 8.30. The molecule has 1 amide bonds. The van der Waals surface area contributed by atoms with Crippen LogP contribution in [0.3, 0.4) is 0 Å². The van der Waals surface area contributed by atoms with Crippen LogP contribution in [0.5, 0.6) is 0 Å². The van der Waals surface area contributed by atoms with Crippen LogP contribution in [0.15, 0.2) is 5.16 Å². The van der Waals surface area contributed by atoms with Gasteiger partial charge in [-0.2, -0.15) is 0 Å². The van der Waals surface area contributed by atoms with Gasteiger partial charge in [0, 0.05) is 11.4 Å². The number of nitrogens with one attached hydrogen (secondary N) is 1. The number of thioether (sulfide) groups is 1. The summed E-state index contributed by atoms with van der Waals surface area (Å²) in [7, 11) is 0. The first-order valence-corrected chi connectivity index (χ1v) is 9.82. The number of nitrogen functional groups attached to an aromatic ring is 1. The molecule has 0 unspecified atom stereocenters. The smallest absolute Gasteiger partial charge is 0.230 e. The van der Waals surface area contributed by atoms with E-state index in [0.29, 0.717) is 29.2 Å². The van der Waals surface area contributed by atoms with E-state index >= 15 is 0 Å². The highest BCUT2D eigenvalue weighted by molar-refractivity contribution is 7.99. The monoisotopic (exact) mass is 350 g/mol. The summed E-state index contributed by atoms with van der Waals surface area (Å²) < 4.78 is 0. The molecule has 1 aliphatic carbocycles. The number of nitrogens with zero attached hydrogens (tertiary/aromatic N) is 2. The van der Waals surface area contributed by atoms with Gasteiger partial charge in [-0.05, 0) is 37.2 Å². The summed E-state index contributed by atoms with van der Waals surface area (Å²) in [5, 5.41) is 4.53. The molecule has 2 aromatic rings. The Morgan fingerprint density at radius 3 is 2.91 bits per heavy atom. The van der Waals surface area contributed by atoms with Gasteiger partial charge in [0.05, 0.1) is 11.1 Å². The molecule has 0 saturated carbocycles. The van der Waals surface area contributed by atoms with Gasteiger partial charge in [0.1, 0.15) is 10.6 Å². The number of rotatable bonds is 5. The molecule has 0 aliphatic heterocycles. The molecule has 2 aromatic heterocycles. The maximum atomic E-state index is 11.8. The predicted molar refractivity (Wildman–Crippen MR) is 97.0 cm³/mol. The lowest BCUT2D eigenvalue weighted by Crippen LogP contribution is -2.28. The van der Waals surface area contributed by atoms with Gasteiger partial charge in [-0.3, -0.25) is 4.79 Å². The number of aromatic nitrogens is 2. The van der Waals surface area contributed by atoms with Crippen molar-refractivity contribution in [1.29, 1.82) is 0 Å². The number of aryl methyl sites for hydroxylation is 2. The number of carbonyl (C=O) groups excluding carboxylic acids is 1. The van der Waals surface area contributed by atoms with Gasteiger partial charge in [-0.15, -0.1) is 11.3 Å². The Morgan fingerprint density at radius 2 is 2.13 bits per heavy atom. The van der Waals surface area contributed by atoms with Crippen molar-refractivity contribution in [2.24, 2.45) is 5.92 Å². The highest BCUT2D eigenvalue weighted by Gasteiger charge is 2.20. The van der Waals surface area contributed by atoms with E-state index in [9.17, 15) is 4.79 Å². The highest BCUT2D eigenvalue weighted by Crippen LogP contribution is 2.38. The summed E-state index contributed by atoms with van der Waals surface area (Å²) >= 11 is 3.08. The zero-order valence-electron chi connectivity index (χ0n) is 13.5. The Bertz CT molecular complexity index is 726. The lowest BCUT2D eigenvalue weighted by atomic mass is 9.97. The number of thiophene rings is 1. The summed E-state index contributed by atoms with van der Waals surface area (Å²) in [5.74, 6) is 1.34. The SMILES string of the molecule is CC(C)CNC(=O)CSc1nc(N)c2c3c(sc2n1)CCCC3. The molecule has 0 fully saturated rings. The number of nitrogens with two attached hydrogens (primary N) is 1. The molecule has 0 spiro atoms. The Morgan fingerprint density at radius 1 is 1.35 bits per heavy atom. The summed E-state index contributed by atoms with van der Waals surface area (Å²) in [5.41, 5.74) is 7.52. The maximum absolute atomic E-state index is 11.8. The van der Waals surface area contributed by atoms with Crippen LogP contribution in [-0.4, -0.2) is 28.2 Å². The molecule has 5 nitrogen and oxygen atoms in total. The number of amides is 1. The second kappa shape index (κ2) is 7.05. The quantitative estimate of drug-likeness (QED) is 0.640. The predicted octanol–water partition coefficient (Wildman–Crippen LogP) is 3.02. The fraction of sp³-hybridized carbons (Fsp3) is 0.562. The number of hydrogen-bond donors (Lipinski definition) is 2. The van der Waals surface area contributed by atoms with E-state index in [1.54, 1.807) is 11.3 Å². The van der Waals surface area contributed by atoms with E-state index in [2.05, 4.69) is 29.1 Å². The molecule has 23 heavy (non-hydrogen) atoms. The largest absolute Gasteiger partial charge is 0.383 e. The van der Waals surface area contributed by atoms with Crippen molar-refractivity contribution in [3.63, 3.8) is 0 Å². The number of anilines is 1. The first kappa shape index (κ1) is 16.5. The first-order chi connectivity index (χ1) is 11.0. The standard InChI is InChI=1S/C16H22N4OS2/c1-9(2)7-18-12(21)8-22-16-19-14(17)13-10-5-3-4-6-11(10)23-15(13)20-16/h9H,3-8H2,1-2H3,(H,18,21)(H2,17,19,20). The van der Waals surface area contributed by atoms with Crippen molar-refractivity contribution >= 4 is 45.0 Å². The molecule has 0 bridgehead atoms. The molecule has 7 heteroatoms. The topological polar surface area (TPSA) is 80.9 Å². The van der Waals surface area contributed by atoms with Crippen molar-refractivity contribution in [1.82, 2.24) is 15.3 Å². The van der Waals surface area contributed by atoms with E-state index < -0.39 is 0 Å². The molecular weight excluding hydrogens is 328 g/mol. The third-order valence-electron chi connectivity index (χ3n) is 3.86. The third kappa shape index (κ3) is 3.77. The van der Waals surface area contributed by atoms with E-state index in [4.69, 9.17) is 5.73 Å².